The Bertz CT molecular complexity index is 2440. The monoisotopic (exact) mass is 549 g/mol. The van der Waals surface area contributed by atoms with Crippen LogP contribution in [0.2, 0.25) is 0 Å². The van der Waals surface area contributed by atoms with Gasteiger partial charge >= 0.3 is 0 Å². The molecule has 0 saturated carbocycles. The van der Waals surface area contributed by atoms with E-state index in [1.807, 2.05) is 36.7 Å². The normalized spacial score (nSPS) is 11.7. The number of pyridine rings is 2. The Hall–Kier alpha value is -5.94. The molecule has 0 N–H and O–H groups in total. The fourth-order valence-electron chi connectivity index (χ4n) is 6.47. The summed E-state index contributed by atoms with van der Waals surface area (Å²) in [4.78, 5) is 19.0. The summed E-state index contributed by atoms with van der Waals surface area (Å²) in [6.07, 6.45) is 7.24. The molecule has 4 aromatic heterocycles. The minimum absolute atomic E-state index is 0.909. The average Bonchev–Trinajstić information content (AvgIpc) is 3.41. The van der Waals surface area contributed by atoms with Gasteiger partial charge in [0.05, 0.1) is 33.5 Å². The maximum Gasteiger partial charge on any atom is 0.0972 e. The number of benzene rings is 5. The molecule has 4 heterocycles. The number of aromatic nitrogens is 5. The van der Waals surface area contributed by atoms with Gasteiger partial charge in [0.2, 0.25) is 0 Å². The fraction of sp³-hybridized carbons (Fsp3) is 0. The highest BCUT2D eigenvalue weighted by molar-refractivity contribution is 6.27. The summed E-state index contributed by atoms with van der Waals surface area (Å²) in [7, 11) is 0. The summed E-state index contributed by atoms with van der Waals surface area (Å²) in [6, 6.07) is 40.4. The predicted octanol–water partition coefficient (Wildman–Crippen LogP) is 9.16. The quantitative estimate of drug-likeness (QED) is 0.206. The maximum absolute atomic E-state index is 4.84. The van der Waals surface area contributed by atoms with E-state index < -0.39 is 0 Å². The number of fused-ring (bicyclic) bond motifs is 9. The van der Waals surface area contributed by atoms with Crippen LogP contribution < -0.4 is 0 Å². The Morgan fingerprint density at radius 2 is 0.977 bits per heavy atom. The van der Waals surface area contributed by atoms with E-state index >= 15 is 0 Å². The lowest BCUT2D eigenvalue weighted by atomic mass is 9.97. The highest BCUT2D eigenvalue weighted by Crippen LogP contribution is 2.40. The molecule has 0 bridgehead atoms. The van der Waals surface area contributed by atoms with Crippen LogP contribution in [0.4, 0.5) is 0 Å². The molecule has 200 valence electrons. The van der Waals surface area contributed by atoms with E-state index in [0.29, 0.717) is 0 Å². The van der Waals surface area contributed by atoms with Gasteiger partial charge in [-0.25, -0.2) is 0 Å². The van der Waals surface area contributed by atoms with Crippen LogP contribution >= 0.6 is 0 Å². The molecule has 0 fully saturated rings. The van der Waals surface area contributed by atoms with E-state index in [1.54, 1.807) is 12.4 Å². The van der Waals surface area contributed by atoms with E-state index in [9.17, 15) is 0 Å². The van der Waals surface area contributed by atoms with Crippen molar-refractivity contribution < 1.29 is 0 Å². The lowest BCUT2D eigenvalue weighted by molar-refractivity contribution is 1.18. The Balaban J connectivity index is 1.43. The van der Waals surface area contributed by atoms with Gasteiger partial charge in [-0.2, -0.15) is 0 Å². The number of nitrogens with zero attached hydrogens (tertiary/aromatic N) is 5. The van der Waals surface area contributed by atoms with Crippen molar-refractivity contribution >= 4 is 54.4 Å². The largest absolute Gasteiger partial charge is 0.309 e. The van der Waals surface area contributed by atoms with Crippen molar-refractivity contribution in [1.29, 1.82) is 0 Å². The molecule has 0 amide bonds. The van der Waals surface area contributed by atoms with Crippen LogP contribution in [0.5, 0.6) is 0 Å². The number of hydrogen-bond acceptors (Lipinski definition) is 4. The minimum atomic E-state index is 0.909. The highest BCUT2D eigenvalue weighted by atomic mass is 15.0. The van der Waals surface area contributed by atoms with Crippen LogP contribution in [-0.4, -0.2) is 24.5 Å². The molecule has 9 aromatic rings. The second kappa shape index (κ2) is 9.29. The molecule has 0 spiro atoms. The van der Waals surface area contributed by atoms with Crippen molar-refractivity contribution in [2.45, 2.75) is 0 Å². The third-order valence-corrected chi connectivity index (χ3v) is 8.33. The number of para-hydroxylation sites is 1. The summed E-state index contributed by atoms with van der Waals surface area (Å²) in [5.41, 5.74) is 9.03. The first-order chi connectivity index (χ1) is 21.3. The Morgan fingerprint density at radius 3 is 1.65 bits per heavy atom. The first-order valence-corrected chi connectivity index (χ1v) is 14.3. The molecule has 0 aliphatic rings. The van der Waals surface area contributed by atoms with E-state index in [1.165, 1.54) is 21.5 Å². The zero-order valence-corrected chi connectivity index (χ0v) is 23.0. The van der Waals surface area contributed by atoms with E-state index in [0.717, 1.165) is 61.0 Å². The van der Waals surface area contributed by atoms with E-state index in [2.05, 4.69) is 95.6 Å². The molecular weight excluding hydrogens is 526 g/mol. The van der Waals surface area contributed by atoms with Gasteiger partial charge in [0, 0.05) is 63.1 Å². The van der Waals surface area contributed by atoms with Crippen molar-refractivity contribution in [3.05, 3.63) is 140 Å². The molecule has 0 saturated heterocycles. The van der Waals surface area contributed by atoms with Crippen molar-refractivity contribution in [2.24, 2.45) is 0 Å². The smallest absolute Gasteiger partial charge is 0.0972 e. The predicted molar refractivity (Wildman–Crippen MR) is 175 cm³/mol. The van der Waals surface area contributed by atoms with Gasteiger partial charge in [-0.1, -0.05) is 54.6 Å². The van der Waals surface area contributed by atoms with Gasteiger partial charge < -0.3 is 4.57 Å². The average molecular weight is 550 g/mol. The topological polar surface area (TPSA) is 56.5 Å². The standard InChI is InChI=1S/C38H23N5/c1-2-11-29-27(9-1)30-22-31-28-10-3-4-14-35(28)43(36(31)23-32(30)38-37(29)41-17-18-42-38)26-20-24(33-12-5-7-15-39-33)19-25(21-26)34-13-6-8-16-40-34/h1-23H. The fourth-order valence-corrected chi connectivity index (χ4v) is 6.47. The Labute approximate surface area is 246 Å². The molecule has 0 aliphatic heterocycles. The van der Waals surface area contributed by atoms with Crippen molar-refractivity contribution in [3.63, 3.8) is 0 Å². The second-order valence-corrected chi connectivity index (χ2v) is 10.8. The summed E-state index contributed by atoms with van der Waals surface area (Å²) >= 11 is 0. The third kappa shape index (κ3) is 3.65. The SMILES string of the molecule is c1ccc(-c2cc(-c3ccccn3)cc(-n3c4ccccc4c4cc5c6ccccc6c6nccnc6c5cc43)c2)nc1. The van der Waals surface area contributed by atoms with Crippen LogP contribution in [0.15, 0.2) is 140 Å². The second-order valence-electron chi connectivity index (χ2n) is 10.8. The molecular formula is C38H23N5. The van der Waals surface area contributed by atoms with Crippen molar-refractivity contribution in [2.75, 3.05) is 0 Å². The molecule has 5 heteroatoms. The van der Waals surface area contributed by atoms with Gasteiger partial charge in [0.15, 0.2) is 0 Å². The van der Waals surface area contributed by atoms with Gasteiger partial charge in [-0.15, -0.1) is 0 Å². The van der Waals surface area contributed by atoms with Gasteiger partial charge in [0.1, 0.15) is 0 Å². The molecule has 0 aliphatic carbocycles. The zero-order chi connectivity index (χ0) is 28.3. The molecule has 43 heavy (non-hydrogen) atoms. The molecule has 5 nitrogen and oxygen atoms in total. The highest BCUT2D eigenvalue weighted by Gasteiger charge is 2.18. The van der Waals surface area contributed by atoms with Crippen LogP contribution in [0, 0.1) is 0 Å². The number of rotatable bonds is 3. The maximum atomic E-state index is 4.84. The summed E-state index contributed by atoms with van der Waals surface area (Å²) in [5, 5.41) is 6.95. The van der Waals surface area contributed by atoms with E-state index in [4.69, 9.17) is 19.9 Å². The molecule has 0 unspecified atom stereocenters. The molecule has 0 atom stereocenters. The lowest BCUT2D eigenvalue weighted by Crippen LogP contribution is -1.97. The summed E-state index contributed by atoms with van der Waals surface area (Å²) in [5.74, 6) is 0. The van der Waals surface area contributed by atoms with Crippen LogP contribution in [0.1, 0.15) is 0 Å². The third-order valence-electron chi connectivity index (χ3n) is 8.33. The van der Waals surface area contributed by atoms with Gasteiger partial charge in [0.25, 0.3) is 0 Å². The first kappa shape index (κ1) is 23.7. The molecule has 0 radical (unpaired) electrons. The Kier molecular flexibility index (Phi) is 5.13. The first-order valence-electron chi connectivity index (χ1n) is 14.3. The van der Waals surface area contributed by atoms with Crippen LogP contribution in [-0.2, 0) is 0 Å². The minimum Gasteiger partial charge on any atom is -0.309 e. The van der Waals surface area contributed by atoms with E-state index in [-0.39, 0.29) is 0 Å². The molecule has 9 rings (SSSR count). The van der Waals surface area contributed by atoms with Crippen LogP contribution in [0.3, 0.4) is 0 Å². The number of hydrogen-bond donors (Lipinski definition) is 0. The van der Waals surface area contributed by atoms with Gasteiger partial charge in [-0.05, 0) is 71.4 Å². The van der Waals surface area contributed by atoms with Crippen molar-refractivity contribution in [1.82, 2.24) is 24.5 Å². The summed E-state index contributed by atoms with van der Waals surface area (Å²) in [6.45, 7) is 0. The Morgan fingerprint density at radius 1 is 0.372 bits per heavy atom. The van der Waals surface area contributed by atoms with Crippen molar-refractivity contribution in [3.8, 4) is 28.2 Å². The molecule has 5 aromatic carbocycles. The van der Waals surface area contributed by atoms with Gasteiger partial charge in [-0.3, -0.25) is 19.9 Å². The van der Waals surface area contributed by atoms with Crippen LogP contribution in [0.25, 0.3) is 82.6 Å². The zero-order valence-electron chi connectivity index (χ0n) is 23.0. The summed E-state index contributed by atoms with van der Waals surface area (Å²) < 4.78 is 2.36. The lowest BCUT2D eigenvalue weighted by Gasteiger charge is -2.14.